The van der Waals surface area contributed by atoms with Crippen LogP contribution < -0.4 is 0 Å². The van der Waals surface area contributed by atoms with Gasteiger partial charge in [0.2, 0.25) is 0 Å². The van der Waals surface area contributed by atoms with Crippen LogP contribution >= 0.6 is 11.3 Å². The third kappa shape index (κ3) is 3.58. The summed E-state index contributed by atoms with van der Waals surface area (Å²) in [6.07, 6.45) is 2.92. The second kappa shape index (κ2) is 6.67. The third-order valence-electron chi connectivity index (χ3n) is 3.07. The zero-order valence-electron chi connectivity index (χ0n) is 12.0. The number of esters is 1. The third-order valence-corrected chi connectivity index (χ3v) is 4.03. The lowest BCUT2D eigenvalue weighted by Crippen LogP contribution is -2.12. The minimum absolute atomic E-state index is 0.0703. The van der Waals surface area contributed by atoms with Gasteiger partial charge in [-0.05, 0) is 26.3 Å². The number of nitrogens with zero attached hydrogens (tertiary/aromatic N) is 1. The molecule has 1 N–H and O–H groups in total. The Hall–Kier alpha value is -1.95. The number of hydrogen-bond acceptors (Lipinski definition) is 6. The Bertz CT molecular complexity index is 628. The number of aryl methyl sites for hydroxylation is 1. The zero-order chi connectivity index (χ0) is 15.4. The van der Waals surface area contributed by atoms with E-state index in [-0.39, 0.29) is 17.1 Å². The molecule has 0 unspecified atom stereocenters. The monoisotopic (exact) mass is 307 g/mol. The van der Waals surface area contributed by atoms with Crippen molar-refractivity contribution in [2.45, 2.75) is 33.1 Å². The molecule has 1 heterocycles. The van der Waals surface area contributed by atoms with E-state index in [0.29, 0.717) is 36.4 Å². The molecule has 0 saturated carbocycles. The number of aliphatic hydroxyl groups is 1. The summed E-state index contributed by atoms with van der Waals surface area (Å²) in [6.45, 7) is 3.90. The molecule has 0 aliphatic heterocycles. The molecule has 1 aliphatic carbocycles. The molecule has 1 aliphatic rings. The van der Waals surface area contributed by atoms with Crippen molar-refractivity contribution in [2.75, 3.05) is 6.61 Å². The van der Waals surface area contributed by atoms with Crippen molar-refractivity contribution in [3.63, 3.8) is 0 Å². The number of aliphatic hydroxyl groups excluding tert-OH is 1. The van der Waals surface area contributed by atoms with E-state index >= 15 is 0 Å². The lowest BCUT2D eigenvalue weighted by atomic mass is 9.97. The van der Waals surface area contributed by atoms with Gasteiger partial charge in [0.25, 0.3) is 0 Å². The molecule has 0 saturated heterocycles. The van der Waals surface area contributed by atoms with Crippen molar-refractivity contribution in [3.05, 3.63) is 27.8 Å². The highest BCUT2D eigenvalue weighted by Gasteiger charge is 2.20. The van der Waals surface area contributed by atoms with E-state index in [1.54, 1.807) is 13.0 Å². The lowest BCUT2D eigenvalue weighted by molar-refractivity contribution is -0.115. The summed E-state index contributed by atoms with van der Waals surface area (Å²) in [6, 6.07) is 1.71. The first-order valence-electron chi connectivity index (χ1n) is 6.79. The SMILES string of the molecule is CCOC(=O)c1cc(C)sc1N=CC1=C(O)CCCC1=O. The maximum absolute atomic E-state index is 11.8. The molecule has 21 heavy (non-hydrogen) atoms. The van der Waals surface area contributed by atoms with Crippen LogP contribution in [0.1, 0.15) is 41.4 Å². The van der Waals surface area contributed by atoms with Crippen molar-refractivity contribution in [2.24, 2.45) is 4.99 Å². The molecular weight excluding hydrogens is 290 g/mol. The van der Waals surface area contributed by atoms with Crippen LogP contribution in [0, 0.1) is 6.92 Å². The molecule has 0 aromatic carbocycles. The molecule has 0 atom stereocenters. The van der Waals surface area contributed by atoms with E-state index in [1.807, 2.05) is 6.92 Å². The standard InChI is InChI=1S/C15H17NO4S/c1-3-20-15(19)10-7-9(2)21-14(10)16-8-11-12(17)5-4-6-13(11)18/h7-8,17H,3-6H2,1-2H3. The molecule has 5 nitrogen and oxygen atoms in total. The number of carbonyl (C=O) groups excluding carboxylic acids is 2. The minimum atomic E-state index is -0.429. The quantitative estimate of drug-likeness (QED) is 0.682. The number of thiophene rings is 1. The van der Waals surface area contributed by atoms with Crippen LogP contribution in [0.5, 0.6) is 0 Å². The summed E-state index contributed by atoms with van der Waals surface area (Å²) < 4.78 is 4.98. The van der Waals surface area contributed by atoms with E-state index in [9.17, 15) is 14.7 Å². The maximum atomic E-state index is 11.8. The van der Waals surface area contributed by atoms with Crippen LogP contribution in [0.2, 0.25) is 0 Å². The number of allylic oxidation sites excluding steroid dienone is 2. The van der Waals surface area contributed by atoms with E-state index in [0.717, 1.165) is 4.88 Å². The summed E-state index contributed by atoms with van der Waals surface area (Å²) >= 11 is 1.35. The zero-order valence-corrected chi connectivity index (χ0v) is 12.8. The van der Waals surface area contributed by atoms with E-state index in [4.69, 9.17) is 4.74 Å². The average Bonchev–Trinajstić information content (AvgIpc) is 2.80. The molecule has 6 heteroatoms. The minimum Gasteiger partial charge on any atom is -0.512 e. The van der Waals surface area contributed by atoms with Gasteiger partial charge >= 0.3 is 5.97 Å². The fraction of sp³-hybridized carbons (Fsp3) is 0.400. The predicted molar refractivity (Wildman–Crippen MR) is 81.7 cm³/mol. The topological polar surface area (TPSA) is 76.0 Å². The Morgan fingerprint density at radius 1 is 1.52 bits per heavy atom. The Morgan fingerprint density at radius 3 is 2.95 bits per heavy atom. The number of rotatable bonds is 4. The average molecular weight is 307 g/mol. The van der Waals surface area contributed by atoms with Crippen molar-refractivity contribution >= 4 is 34.3 Å². The van der Waals surface area contributed by atoms with E-state index in [1.165, 1.54) is 17.6 Å². The molecule has 0 fully saturated rings. The van der Waals surface area contributed by atoms with Crippen molar-refractivity contribution < 1.29 is 19.4 Å². The molecule has 0 amide bonds. The van der Waals surface area contributed by atoms with E-state index in [2.05, 4.69) is 4.99 Å². The highest BCUT2D eigenvalue weighted by Crippen LogP contribution is 2.31. The van der Waals surface area contributed by atoms with Gasteiger partial charge in [0.15, 0.2) is 5.78 Å². The van der Waals surface area contributed by atoms with Gasteiger partial charge in [-0.3, -0.25) is 4.79 Å². The highest BCUT2D eigenvalue weighted by molar-refractivity contribution is 7.16. The lowest BCUT2D eigenvalue weighted by Gasteiger charge is -2.11. The molecule has 0 radical (unpaired) electrons. The Labute approximate surface area is 127 Å². The molecule has 1 aromatic heterocycles. The van der Waals surface area contributed by atoms with Crippen LogP contribution in [-0.4, -0.2) is 29.7 Å². The van der Waals surface area contributed by atoms with Crippen LogP contribution in [0.15, 0.2) is 22.4 Å². The van der Waals surface area contributed by atoms with Gasteiger partial charge < -0.3 is 9.84 Å². The molecular formula is C15H17NO4S. The molecule has 2 rings (SSSR count). The van der Waals surface area contributed by atoms with Gasteiger partial charge in [-0.15, -0.1) is 11.3 Å². The van der Waals surface area contributed by atoms with Gasteiger partial charge in [-0.1, -0.05) is 0 Å². The number of hydrogen-bond donors (Lipinski definition) is 1. The predicted octanol–water partition coefficient (Wildman–Crippen LogP) is 3.50. The van der Waals surface area contributed by atoms with Crippen LogP contribution in [0.25, 0.3) is 0 Å². The fourth-order valence-corrected chi connectivity index (χ4v) is 2.91. The smallest absolute Gasteiger partial charge is 0.341 e. The van der Waals surface area contributed by atoms with Crippen molar-refractivity contribution in [3.8, 4) is 0 Å². The summed E-state index contributed by atoms with van der Waals surface area (Å²) in [5.74, 6) is -0.475. The number of aliphatic imine (C=N–C) groups is 1. The number of Topliss-reactive ketones (excluding diaryl/α,β-unsaturated/α-hetero) is 1. The fourth-order valence-electron chi connectivity index (χ4n) is 2.07. The first-order valence-corrected chi connectivity index (χ1v) is 7.61. The second-order valence-corrected chi connectivity index (χ2v) is 5.93. The molecule has 0 spiro atoms. The Morgan fingerprint density at radius 2 is 2.29 bits per heavy atom. The van der Waals surface area contributed by atoms with Crippen LogP contribution in [0.3, 0.4) is 0 Å². The Balaban J connectivity index is 2.29. The van der Waals surface area contributed by atoms with Gasteiger partial charge in [0.1, 0.15) is 10.8 Å². The van der Waals surface area contributed by atoms with Crippen molar-refractivity contribution in [1.29, 1.82) is 0 Å². The van der Waals surface area contributed by atoms with Gasteiger partial charge in [0.05, 0.1) is 17.7 Å². The summed E-state index contributed by atoms with van der Waals surface area (Å²) in [4.78, 5) is 28.7. The maximum Gasteiger partial charge on any atom is 0.341 e. The van der Waals surface area contributed by atoms with Gasteiger partial charge in [0, 0.05) is 23.9 Å². The van der Waals surface area contributed by atoms with Crippen LogP contribution in [-0.2, 0) is 9.53 Å². The first-order chi connectivity index (χ1) is 10.0. The first kappa shape index (κ1) is 15.4. The summed E-state index contributed by atoms with van der Waals surface area (Å²) in [5.41, 5.74) is 0.626. The largest absolute Gasteiger partial charge is 0.512 e. The molecule has 1 aromatic rings. The highest BCUT2D eigenvalue weighted by atomic mass is 32.1. The number of carbonyl (C=O) groups is 2. The van der Waals surface area contributed by atoms with Gasteiger partial charge in [-0.2, -0.15) is 0 Å². The van der Waals surface area contributed by atoms with Crippen molar-refractivity contribution in [1.82, 2.24) is 0 Å². The molecule has 0 bridgehead atoms. The summed E-state index contributed by atoms with van der Waals surface area (Å²) in [7, 11) is 0. The number of ether oxygens (including phenoxy) is 1. The molecule has 112 valence electrons. The van der Waals surface area contributed by atoms with Crippen LogP contribution in [0.4, 0.5) is 5.00 Å². The Kier molecular flexibility index (Phi) is 4.90. The number of ketones is 1. The second-order valence-electron chi connectivity index (χ2n) is 4.69. The van der Waals surface area contributed by atoms with Gasteiger partial charge in [-0.25, -0.2) is 9.79 Å². The van der Waals surface area contributed by atoms with E-state index < -0.39 is 5.97 Å². The normalized spacial score (nSPS) is 15.8. The summed E-state index contributed by atoms with van der Waals surface area (Å²) in [5, 5.41) is 10.3.